The van der Waals surface area contributed by atoms with Gasteiger partial charge >= 0.3 is 0 Å². The van der Waals surface area contributed by atoms with Gasteiger partial charge in [-0.3, -0.25) is 9.59 Å². The van der Waals surface area contributed by atoms with Gasteiger partial charge in [-0.1, -0.05) is 23.7 Å². The molecule has 1 aromatic heterocycles. The summed E-state index contributed by atoms with van der Waals surface area (Å²) in [6.07, 6.45) is 1.28. The predicted octanol–water partition coefficient (Wildman–Crippen LogP) is 3.27. The predicted molar refractivity (Wildman–Crippen MR) is 100 cm³/mol. The molecule has 1 aliphatic heterocycles. The molecular formula is C19H17ClN4O2. The molecule has 2 N–H and O–H groups in total. The van der Waals surface area contributed by atoms with Crippen molar-refractivity contribution in [2.75, 3.05) is 11.4 Å². The minimum Gasteiger partial charge on any atom is -0.345 e. The molecular weight excluding hydrogens is 352 g/mol. The summed E-state index contributed by atoms with van der Waals surface area (Å²) in [5.41, 5.74) is 2.76. The van der Waals surface area contributed by atoms with Gasteiger partial charge < -0.3 is 15.2 Å². The summed E-state index contributed by atoms with van der Waals surface area (Å²) in [6, 6.07) is 12.7. The van der Waals surface area contributed by atoms with Crippen LogP contribution in [-0.2, 0) is 11.3 Å². The van der Waals surface area contributed by atoms with E-state index in [1.807, 2.05) is 24.3 Å². The van der Waals surface area contributed by atoms with Gasteiger partial charge in [-0.2, -0.15) is 0 Å². The Balaban J connectivity index is 1.55. The standard InChI is InChI=1S/C19H17ClN4O2/c20-12-7-8-13(16(10-12)24-9-3-6-18(24)25)19(26)21-11-17-22-14-4-1-2-5-15(14)23-17/h1-2,4-5,7-8,10H,3,6,9,11H2,(H,21,26)(H,22,23). The lowest BCUT2D eigenvalue weighted by molar-refractivity contribution is -0.117. The van der Waals surface area contributed by atoms with Crippen LogP contribution >= 0.6 is 11.6 Å². The van der Waals surface area contributed by atoms with Gasteiger partial charge in [-0.05, 0) is 36.8 Å². The number of carbonyl (C=O) groups excluding carboxylic acids is 2. The monoisotopic (exact) mass is 368 g/mol. The number of fused-ring (bicyclic) bond motifs is 1. The van der Waals surface area contributed by atoms with Crippen molar-refractivity contribution in [2.24, 2.45) is 0 Å². The number of benzene rings is 2. The summed E-state index contributed by atoms with van der Waals surface area (Å²) >= 11 is 6.08. The Morgan fingerprint density at radius 1 is 1.27 bits per heavy atom. The average Bonchev–Trinajstić information content (AvgIpc) is 3.25. The molecule has 2 amide bonds. The third-order valence-electron chi connectivity index (χ3n) is 4.42. The zero-order valence-electron chi connectivity index (χ0n) is 14.0. The maximum atomic E-state index is 12.7. The molecule has 0 saturated carbocycles. The van der Waals surface area contributed by atoms with Crippen LogP contribution in [0, 0.1) is 0 Å². The van der Waals surface area contributed by atoms with Gasteiger partial charge in [0.2, 0.25) is 5.91 Å². The number of H-pyrrole nitrogens is 1. The highest BCUT2D eigenvalue weighted by atomic mass is 35.5. The fraction of sp³-hybridized carbons (Fsp3) is 0.211. The van der Waals surface area contributed by atoms with E-state index < -0.39 is 0 Å². The molecule has 0 radical (unpaired) electrons. The van der Waals surface area contributed by atoms with E-state index in [4.69, 9.17) is 11.6 Å². The Kier molecular flexibility index (Phi) is 4.34. The summed E-state index contributed by atoms with van der Waals surface area (Å²) in [5.74, 6) is 0.419. The average molecular weight is 369 g/mol. The highest BCUT2D eigenvalue weighted by molar-refractivity contribution is 6.31. The van der Waals surface area contributed by atoms with E-state index in [0.717, 1.165) is 17.5 Å². The van der Waals surface area contributed by atoms with Crippen LogP contribution in [0.15, 0.2) is 42.5 Å². The number of aromatic nitrogens is 2. The summed E-state index contributed by atoms with van der Waals surface area (Å²) in [7, 11) is 0. The fourth-order valence-electron chi connectivity index (χ4n) is 3.17. The first kappa shape index (κ1) is 16.6. The van der Waals surface area contributed by atoms with E-state index in [0.29, 0.717) is 35.1 Å². The lowest BCUT2D eigenvalue weighted by atomic mass is 10.1. The zero-order chi connectivity index (χ0) is 18.1. The zero-order valence-corrected chi connectivity index (χ0v) is 14.7. The molecule has 26 heavy (non-hydrogen) atoms. The Bertz CT molecular complexity index is 965. The van der Waals surface area contributed by atoms with Crippen LogP contribution in [0.25, 0.3) is 11.0 Å². The molecule has 3 aromatic rings. The first-order valence-electron chi connectivity index (χ1n) is 8.43. The number of para-hydroxylation sites is 2. The number of aromatic amines is 1. The van der Waals surface area contributed by atoms with Crippen molar-refractivity contribution < 1.29 is 9.59 Å². The maximum Gasteiger partial charge on any atom is 0.253 e. The number of nitrogens with one attached hydrogen (secondary N) is 2. The van der Waals surface area contributed by atoms with Crippen LogP contribution in [0.1, 0.15) is 29.0 Å². The topological polar surface area (TPSA) is 78.1 Å². The molecule has 2 heterocycles. The van der Waals surface area contributed by atoms with E-state index in [2.05, 4.69) is 15.3 Å². The van der Waals surface area contributed by atoms with Gasteiger partial charge in [-0.25, -0.2) is 4.98 Å². The molecule has 0 aliphatic carbocycles. The lowest BCUT2D eigenvalue weighted by Gasteiger charge is -2.19. The summed E-state index contributed by atoms with van der Waals surface area (Å²) < 4.78 is 0. The molecule has 0 bridgehead atoms. The summed E-state index contributed by atoms with van der Waals surface area (Å²) in [6.45, 7) is 0.868. The van der Waals surface area contributed by atoms with Crippen LogP contribution < -0.4 is 10.2 Å². The van der Waals surface area contributed by atoms with Crippen molar-refractivity contribution in [3.63, 3.8) is 0 Å². The number of halogens is 1. The van der Waals surface area contributed by atoms with E-state index in [1.165, 1.54) is 0 Å². The van der Waals surface area contributed by atoms with Gasteiger partial charge in [0.25, 0.3) is 5.91 Å². The molecule has 0 atom stereocenters. The second-order valence-electron chi connectivity index (χ2n) is 6.19. The second-order valence-corrected chi connectivity index (χ2v) is 6.63. The second kappa shape index (κ2) is 6.80. The molecule has 0 unspecified atom stereocenters. The number of rotatable bonds is 4. The Morgan fingerprint density at radius 3 is 2.88 bits per heavy atom. The largest absolute Gasteiger partial charge is 0.345 e. The van der Waals surface area contributed by atoms with Crippen molar-refractivity contribution in [1.82, 2.24) is 15.3 Å². The molecule has 0 spiro atoms. The number of hydrogen-bond acceptors (Lipinski definition) is 3. The van der Waals surface area contributed by atoms with Crippen molar-refractivity contribution >= 4 is 40.1 Å². The molecule has 7 heteroatoms. The summed E-state index contributed by atoms with van der Waals surface area (Å²) in [5, 5.41) is 3.35. The number of anilines is 1. The highest BCUT2D eigenvalue weighted by Crippen LogP contribution is 2.28. The Labute approximate surface area is 155 Å². The number of hydrogen-bond donors (Lipinski definition) is 2. The molecule has 6 nitrogen and oxygen atoms in total. The number of nitrogens with zero attached hydrogens (tertiary/aromatic N) is 2. The molecule has 132 valence electrons. The van der Waals surface area contributed by atoms with Gasteiger partial charge in [0, 0.05) is 18.0 Å². The van der Waals surface area contributed by atoms with Crippen LogP contribution in [0.5, 0.6) is 0 Å². The van der Waals surface area contributed by atoms with Crippen LogP contribution in [0.2, 0.25) is 5.02 Å². The summed E-state index contributed by atoms with van der Waals surface area (Å²) in [4.78, 5) is 34.0. The van der Waals surface area contributed by atoms with Crippen LogP contribution in [0.4, 0.5) is 5.69 Å². The fourth-order valence-corrected chi connectivity index (χ4v) is 3.34. The van der Waals surface area contributed by atoms with Gasteiger partial charge in [0.15, 0.2) is 0 Å². The normalized spacial score (nSPS) is 14.2. The van der Waals surface area contributed by atoms with E-state index in [-0.39, 0.29) is 18.4 Å². The van der Waals surface area contributed by atoms with E-state index in [1.54, 1.807) is 23.1 Å². The SMILES string of the molecule is O=C(NCc1nc2ccccc2[nH]1)c1ccc(Cl)cc1N1CCCC1=O. The Morgan fingerprint density at radius 2 is 2.12 bits per heavy atom. The highest BCUT2D eigenvalue weighted by Gasteiger charge is 2.26. The van der Waals surface area contributed by atoms with E-state index in [9.17, 15) is 9.59 Å². The van der Waals surface area contributed by atoms with Gasteiger partial charge in [0.1, 0.15) is 5.82 Å². The molecule has 1 fully saturated rings. The van der Waals surface area contributed by atoms with Gasteiger partial charge in [-0.15, -0.1) is 0 Å². The lowest BCUT2D eigenvalue weighted by Crippen LogP contribution is -2.29. The van der Waals surface area contributed by atoms with Crippen LogP contribution in [0.3, 0.4) is 0 Å². The number of carbonyl (C=O) groups is 2. The van der Waals surface area contributed by atoms with E-state index >= 15 is 0 Å². The molecule has 4 rings (SSSR count). The molecule has 1 saturated heterocycles. The van der Waals surface area contributed by atoms with Crippen molar-refractivity contribution in [1.29, 1.82) is 0 Å². The minimum atomic E-state index is -0.267. The van der Waals surface area contributed by atoms with Gasteiger partial charge in [0.05, 0.1) is 28.8 Å². The third kappa shape index (κ3) is 3.15. The van der Waals surface area contributed by atoms with Crippen LogP contribution in [-0.4, -0.2) is 28.3 Å². The maximum absolute atomic E-state index is 12.7. The smallest absolute Gasteiger partial charge is 0.253 e. The molecule has 1 aliphatic rings. The first-order valence-corrected chi connectivity index (χ1v) is 8.81. The minimum absolute atomic E-state index is 0.0126. The third-order valence-corrected chi connectivity index (χ3v) is 4.66. The molecule has 2 aromatic carbocycles. The Hall–Kier alpha value is -2.86. The van der Waals surface area contributed by atoms with Crippen molar-refractivity contribution in [3.8, 4) is 0 Å². The number of amides is 2. The number of imidazole rings is 1. The quantitative estimate of drug-likeness (QED) is 0.741. The van der Waals surface area contributed by atoms with Crippen molar-refractivity contribution in [3.05, 3.63) is 58.9 Å². The van der Waals surface area contributed by atoms with Crippen molar-refractivity contribution in [2.45, 2.75) is 19.4 Å². The first-order chi connectivity index (χ1) is 12.6.